The number of rotatable bonds is 6. The molecule has 4 atom stereocenters. The fraction of sp³-hybridized carbons (Fsp3) is 0.350. The molecular weight excluding hydrogens is 392 g/mol. The van der Waals surface area contributed by atoms with Crippen molar-refractivity contribution in [3.63, 3.8) is 0 Å². The minimum Gasteiger partial charge on any atom is -0.387 e. The Hall–Kier alpha value is -3.21. The van der Waals surface area contributed by atoms with Crippen molar-refractivity contribution in [3.05, 3.63) is 69.1 Å². The van der Waals surface area contributed by atoms with Gasteiger partial charge >= 0.3 is 5.69 Å². The molecule has 0 saturated carbocycles. The highest BCUT2D eigenvalue weighted by molar-refractivity contribution is 5.84. The molecule has 0 bridgehead atoms. The second-order valence-electron chi connectivity index (χ2n) is 7.23. The molecular formula is C20H22N4O6. The van der Waals surface area contributed by atoms with Gasteiger partial charge in [-0.2, -0.15) is 0 Å². The summed E-state index contributed by atoms with van der Waals surface area (Å²) in [6.07, 6.45) is -0.908. The summed E-state index contributed by atoms with van der Waals surface area (Å²) in [6, 6.07) is 8.94. The molecule has 30 heavy (non-hydrogen) atoms. The van der Waals surface area contributed by atoms with Crippen molar-refractivity contribution in [2.45, 2.75) is 37.4 Å². The average Bonchev–Trinajstić information content (AvgIpc) is 3.27. The van der Waals surface area contributed by atoms with Crippen molar-refractivity contribution in [2.24, 2.45) is 0 Å². The number of nitrogens with zero attached hydrogens (tertiary/aromatic N) is 1. The predicted octanol–water partition coefficient (Wildman–Crippen LogP) is -0.614. The minimum atomic E-state index is -1.39. The van der Waals surface area contributed by atoms with E-state index < -0.39 is 35.8 Å². The Labute approximate surface area is 170 Å². The Kier molecular flexibility index (Phi) is 5.53. The van der Waals surface area contributed by atoms with Crippen LogP contribution in [0.25, 0.3) is 10.9 Å². The van der Waals surface area contributed by atoms with Crippen LogP contribution in [0.4, 0.5) is 0 Å². The number of aryl methyl sites for hydroxylation is 1. The molecule has 3 heterocycles. The Balaban J connectivity index is 1.33. The summed E-state index contributed by atoms with van der Waals surface area (Å²) in [5.74, 6) is -0.227. The van der Waals surface area contributed by atoms with E-state index in [9.17, 15) is 24.6 Å². The van der Waals surface area contributed by atoms with Gasteiger partial charge in [0, 0.05) is 42.3 Å². The van der Waals surface area contributed by atoms with Crippen LogP contribution < -0.4 is 16.6 Å². The highest BCUT2D eigenvalue weighted by atomic mass is 16.6. The molecule has 4 rings (SSSR count). The van der Waals surface area contributed by atoms with Crippen molar-refractivity contribution in [3.8, 4) is 0 Å². The standard InChI is InChI=1S/C20H22N4O6/c25-15(6-5-11-9-21-13-4-2-1-3-12(11)13)22-10-14-17(27)18(28)19(30-14)24-8-7-16(26)23-20(24)29/h1-4,7-9,14,17-19,21,27-28H,5-6,10H2,(H,22,25)(H,23,26,29)/t14-,17-,18+,19-/m1/s1. The summed E-state index contributed by atoms with van der Waals surface area (Å²) in [5, 5.41) is 24.2. The fourth-order valence-electron chi connectivity index (χ4n) is 3.64. The van der Waals surface area contributed by atoms with Gasteiger partial charge in [0.1, 0.15) is 18.3 Å². The Morgan fingerprint density at radius 3 is 2.77 bits per heavy atom. The molecule has 158 valence electrons. The molecule has 5 N–H and O–H groups in total. The van der Waals surface area contributed by atoms with E-state index in [0.717, 1.165) is 27.1 Å². The molecule has 1 amide bonds. The first-order valence-corrected chi connectivity index (χ1v) is 9.59. The van der Waals surface area contributed by atoms with Gasteiger partial charge in [0.2, 0.25) is 5.91 Å². The molecule has 3 aromatic rings. The van der Waals surface area contributed by atoms with Gasteiger partial charge in [-0.15, -0.1) is 0 Å². The van der Waals surface area contributed by atoms with E-state index in [1.807, 2.05) is 30.5 Å². The van der Waals surface area contributed by atoms with E-state index in [-0.39, 0.29) is 18.9 Å². The van der Waals surface area contributed by atoms with Crippen LogP contribution in [0.3, 0.4) is 0 Å². The van der Waals surface area contributed by atoms with E-state index in [4.69, 9.17) is 4.74 Å². The Bertz CT molecular complexity index is 1170. The quantitative estimate of drug-likeness (QED) is 0.363. The molecule has 10 heteroatoms. The normalized spacial score (nSPS) is 23.7. The van der Waals surface area contributed by atoms with Crippen LogP contribution in [-0.4, -0.2) is 55.5 Å². The first-order chi connectivity index (χ1) is 14.4. The summed E-state index contributed by atoms with van der Waals surface area (Å²) in [7, 11) is 0. The van der Waals surface area contributed by atoms with Gasteiger partial charge in [-0.05, 0) is 18.1 Å². The Morgan fingerprint density at radius 1 is 1.17 bits per heavy atom. The van der Waals surface area contributed by atoms with E-state index in [1.165, 1.54) is 6.20 Å². The highest BCUT2D eigenvalue weighted by Crippen LogP contribution is 2.27. The molecule has 1 aromatic carbocycles. The molecule has 2 aromatic heterocycles. The number of aromatic nitrogens is 3. The molecule has 0 unspecified atom stereocenters. The number of benzene rings is 1. The maximum Gasteiger partial charge on any atom is 0.330 e. The summed E-state index contributed by atoms with van der Waals surface area (Å²) in [4.78, 5) is 40.6. The van der Waals surface area contributed by atoms with Gasteiger partial charge in [-0.3, -0.25) is 19.1 Å². The molecule has 0 aliphatic carbocycles. The molecule has 0 spiro atoms. The largest absolute Gasteiger partial charge is 0.387 e. The van der Waals surface area contributed by atoms with Gasteiger partial charge in [-0.1, -0.05) is 18.2 Å². The van der Waals surface area contributed by atoms with Crippen molar-refractivity contribution in [1.82, 2.24) is 19.9 Å². The zero-order valence-electron chi connectivity index (χ0n) is 15.9. The number of hydrogen-bond donors (Lipinski definition) is 5. The summed E-state index contributed by atoms with van der Waals surface area (Å²) in [5.41, 5.74) is 0.698. The second kappa shape index (κ2) is 8.27. The lowest BCUT2D eigenvalue weighted by Gasteiger charge is -2.16. The number of fused-ring (bicyclic) bond motifs is 1. The smallest absolute Gasteiger partial charge is 0.330 e. The van der Waals surface area contributed by atoms with Crippen LogP contribution in [0.5, 0.6) is 0 Å². The second-order valence-corrected chi connectivity index (χ2v) is 7.23. The van der Waals surface area contributed by atoms with Crippen LogP contribution in [0.1, 0.15) is 18.2 Å². The maximum absolute atomic E-state index is 12.2. The SMILES string of the molecule is O=C(CCc1c[nH]c2ccccc12)NC[C@H]1O[C@@H](n2ccc(=O)[nH]c2=O)[C@@H](O)[C@@H]1O. The molecule has 0 radical (unpaired) electrons. The third-order valence-electron chi connectivity index (χ3n) is 5.26. The molecule has 1 saturated heterocycles. The molecule has 1 fully saturated rings. The lowest BCUT2D eigenvalue weighted by molar-refractivity contribution is -0.122. The fourth-order valence-corrected chi connectivity index (χ4v) is 3.64. The maximum atomic E-state index is 12.2. The number of carbonyl (C=O) groups is 1. The summed E-state index contributed by atoms with van der Waals surface area (Å²) in [6.45, 7) is -0.0282. The number of hydrogen-bond acceptors (Lipinski definition) is 6. The lowest BCUT2D eigenvalue weighted by atomic mass is 10.1. The lowest BCUT2D eigenvalue weighted by Crippen LogP contribution is -2.40. The molecule has 10 nitrogen and oxygen atoms in total. The highest BCUT2D eigenvalue weighted by Gasteiger charge is 2.44. The van der Waals surface area contributed by atoms with Crippen molar-refractivity contribution >= 4 is 16.8 Å². The average molecular weight is 414 g/mol. The summed E-state index contributed by atoms with van der Waals surface area (Å²) < 4.78 is 6.57. The number of aliphatic hydroxyl groups excluding tert-OH is 2. The third kappa shape index (κ3) is 3.92. The van der Waals surface area contributed by atoms with Crippen LogP contribution in [0.15, 0.2) is 52.3 Å². The first-order valence-electron chi connectivity index (χ1n) is 9.59. The van der Waals surface area contributed by atoms with Gasteiger partial charge in [0.25, 0.3) is 5.56 Å². The monoisotopic (exact) mass is 414 g/mol. The van der Waals surface area contributed by atoms with Gasteiger partial charge in [0.05, 0.1) is 0 Å². The number of amides is 1. The van der Waals surface area contributed by atoms with Crippen molar-refractivity contribution < 1.29 is 19.7 Å². The van der Waals surface area contributed by atoms with Crippen molar-refractivity contribution in [1.29, 1.82) is 0 Å². The molecule has 1 aliphatic rings. The number of ether oxygens (including phenoxy) is 1. The number of carbonyl (C=O) groups excluding carboxylic acids is 1. The third-order valence-corrected chi connectivity index (χ3v) is 5.26. The van der Waals surface area contributed by atoms with E-state index in [0.29, 0.717) is 6.42 Å². The van der Waals surface area contributed by atoms with Gasteiger partial charge in [-0.25, -0.2) is 4.79 Å². The zero-order chi connectivity index (χ0) is 21.3. The van der Waals surface area contributed by atoms with Gasteiger partial charge in [0.15, 0.2) is 6.23 Å². The van der Waals surface area contributed by atoms with Crippen LogP contribution in [0, 0.1) is 0 Å². The van der Waals surface area contributed by atoms with Crippen LogP contribution in [-0.2, 0) is 16.0 Å². The number of nitrogens with one attached hydrogen (secondary N) is 3. The van der Waals surface area contributed by atoms with E-state index in [2.05, 4.69) is 15.3 Å². The number of aromatic amines is 2. The molecule has 1 aliphatic heterocycles. The van der Waals surface area contributed by atoms with Gasteiger partial charge < -0.3 is 25.3 Å². The number of aliphatic hydroxyl groups is 2. The van der Waals surface area contributed by atoms with E-state index >= 15 is 0 Å². The van der Waals surface area contributed by atoms with Crippen LogP contribution >= 0.6 is 0 Å². The summed E-state index contributed by atoms with van der Waals surface area (Å²) >= 11 is 0. The number of para-hydroxylation sites is 1. The van der Waals surface area contributed by atoms with Crippen molar-refractivity contribution in [2.75, 3.05) is 6.54 Å². The number of H-pyrrole nitrogens is 2. The zero-order valence-corrected chi connectivity index (χ0v) is 15.9. The van der Waals surface area contributed by atoms with E-state index in [1.54, 1.807) is 0 Å². The minimum absolute atomic E-state index is 0.0282. The predicted molar refractivity (Wildman–Crippen MR) is 107 cm³/mol. The Morgan fingerprint density at radius 2 is 1.97 bits per heavy atom. The van der Waals surface area contributed by atoms with Crippen LogP contribution in [0.2, 0.25) is 0 Å². The first kappa shape index (κ1) is 20.1. The topological polar surface area (TPSA) is 149 Å².